The first-order valence-corrected chi connectivity index (χ1v) is 7.93. The van der Waals surface area contributed by atoms with E-state index in [9.17, 15) is 4.79 Å². The molecule has 1 aromatic rings. The quantitative estimate of drug-likeness (QED) is 0.832. The Morgan fingerprint density at radius 2 is 1.95 bits per heavy atom. The third-order valence-corrected chi connectivity index (χ3v) is 5.46. The Labute approximate surface area is 124 Å². The zero-order valence-corrected chi connectivity index (χ0v) is 12.7. The van der Waals surface area contributed by atoms with Crippen LogP contribution in [0.25, 0.3) is 0 Å². The molecule has 0 spiro atoms. The molecular formula is C15H21N3OS. The molecule has 1 aliphatic heterocycles. The number of hydrogen-bond donors (Lipinski definition) is 2. The molecule has 3 N–H and O–H groups in total. The van der Waals surface area contributed by atoms with Crippen LogP contribution in [-0.2, 0) is 4.79 Å². The van der Waals surface area contributed by atoms with Gasteiger partial charge in [-0.1, -0.05) is 24.1 Å². The predicted octanol–water partition coefficient (Wildman–Crippen LogP) is 1.93. The highest BCUT2D eigenvalue weighted by Gasteiger charge is 2.48. The van der Waals surface area contributed by atoms with Crippen LogP contribution in [0.5, 0.6) is 0 Å². The summed E-state index contributed by atoms with van der Waals surface area (Å²) in [6.07, 6.45) is 2.45. The summed E-state index contributed by atoms with van der Waals surface area (Å²) in [5.74, 6) is 0.794. The number of nitrogens with one attached hydrogen (secondary N) is 1. The van der Waals surface area contributed by atoms with Crippen molar-refractivity contribution in [1.29, 1.82) is 0 Å². The molecule has 2 aliphatic rings. The maximum Gasteiger partial charge on any atom is 0.232 e. The lowest BCUT2D eigenvalue weighted by Gasteiger charge is -2.22. The molecule has 0 bridgehead atoms. The number of carbonyl (C=O) groups is 1. The van der Waals surface area contributed by atoms with Crippen molar-refractivity contribution in [3.8, 4) is 0 Å². The molecule has 1 heterocycles. The van der Waals surface area contributed by atoms with Gasteiger partial charge in [-0.3, -0.25) is 9.52 Å². The Balaban J connectivity index is 1.83. The fourth-order valence-corrected chi connectivity index (χ4v) is 4.24. The van der Waals surface area contributed by atoms with Crippen LogP contribution < -0.4 is 15.4 Å². The maximum absolute atomic E-state index is 11.6. The molecule has 108 valence electrons. The summed E-state index contributed by atoms with van der Waals surface area (Å²) in [7, 11) is 4.07. The van der Waals surface area contributed by atoms with Gasteiger partial charge in [-0.2, -0.15) is 0 Å². The highest BCUT2D eigenvalue weighted by molar-refractivity contribution is 7.99. The first-order chi connectivity index (χ1) is 9.58. The summed E-state index contributed by atoms with van der Waals surface area (Å²) in [6, 6.07) is 8.81. The summed E-state index contributed by atoms with van der Waals surface area (Å²) in [5, 5.41) is -0.0963. The van der Waals surface area contributed by atoms with E-state index >= 15 is 0 Å². The van der Waals surface area contributed by atoms with Crippen molar-refractivity contribution in [3.63, 3.8) is 0 Å². The van der Waals surface area contributed by atoms with Gasteiger partial charge in [0.2, 0.25) is 5.91 Å². The molecule has 0 radical (unpaired) electrons. The minimum Gasteiger partial charge on any atom is -0.378 e. The molecule has 1 saturated carbocycles. The van der Waals surface area contributed by atoms with Gasteiger partial charge in [0, 0.05) is 31.7 Å². The normalized spacial score (nSPS) is 29.4. The van der Waals surface area contributed by atoms with Crippen LogP contribution >= 0.6 is 11.9 Å². The van der Waals surface area contributed by atoms with E-state index < -0.39 is 0 Å². The first-order valence-electron chi connectivity index (χ1n) is 7.05. The largest absolute Gasteiger partial charge is 0.378 e. The van der Waals surface area contributed by atoms with Crippen LogP contribution in [0.4, 0.5) is 5.69 Å². The lowest BCUT2D eigenvalue weighted by Crippen LogP contribution is -2.32. The Hall–Kier alpha value is -1.20. The smallest absolute Gasteiger partial charge is 0.232 e. The average Bonchev–Trinajstić information content (AvgIpc) is 3.17. The Kier molecular flexibility index (Phi) is 3.65. The second-order valence-corrected chi connectivity index (χ2v) is 6.92. The van der Waals surface area contributed by atoms with Crippen molar-refractivity contribution in [2.45, 2.75) is 24.1 Å². The molecule has 0 aromatic heterocycles. The number of carbonyl (C=O) groups excluding carboxylic acids is 1. The number of primary amides is 1. The number of anilines is 1. The van der Waals surface area contributed by atoms with Gasteiger partial charge in [0.1, 0.15) is 5.25 Å². The summed E-state index contributed by atoms with van der Waals surface area (Å²) >= 11 is 1.51. The van der Waals surface area contributed by atoms with Gasteiger partial charge in [0.25, 0.3) is 0 Å². The molecule has 1 aliphatic carbocycles. The molecule has 3 atom stereocenters. The molecule has 4 nitrogen and oxygen atoms in total. The summed E-state index contributed by atoms with van der Waals surface area (Å²) < 4.78 is 3.43. The van der Waals surface area contributed by atoms with Crippen LogP contribution in [0, 0.1) is 11.8 Å². The number of nitrogens with two attached hydrogens (primary N) is 1. The van der Waals surface area contributed by atoms with Crippen LogP contribution in [0.3, 0.4) is 0 Å². The van der Waals surface area contributed by atoms with Crippen LogP contribution in [0.15, 0.2) is 24.3 Å². The molecular weight excluding hydrogens is 270 g/mol. The lowest BCUT2D eigenvalue weighted by molar-refractivity contribution is -0.118. The lowest BCUT2D eigenvalue weighted by atomic mass is 9.86. The zero-order chi connectivity index (χ0) is 14.3. The Morgan fingerprint density at radius 1 is 1.30 bits per heavy atom. The molecule has 20 heavy (non-hydrogen) atoms. The van der Waals surface area contributed by atoms with Gasteiger partial charge in [-0.15, -0.1) is 0 Å². The van der Waals surface area contributed by atoms with Crippen molar-refractivity contribution < 1.29 is 4.79 Å². The maximum atomic E-state index is 11.6. The number of nitrogens with zero attached hydrogens (tertiary/aromatic N) is 1. The molecule has 3 rings (SSSR count). The second kappa shape index (κ2) is 5.30. The summed E-state index contributed by atoms with van der Waals surface area (Å²) in [6.45, 7) is 0. The second-order valence-electron chi connectivity index (χ2n) is 5.94. The highest BCUT2D eigenvalue weighted by atomic mass is 32.2. The Bertz CT molecular complexity index is 498. The van der Waals surface area contributed by atoms with Gasteiger partial charge >= 0.3 is 0 Å². The van der Waals surface area contributed by atoms with Crippen LogP contribution in [0.1, 0.15) is 24.4 Å². The van der Waals surface area contributed by atoms with E-state index in [1.807, 2.05) is 14.1 Å². The molecule has 3 unspecified atom stereocenters. The van der Waals surface area contributed by atoms with E-state index in [1.165, 1.54) is 36.0 Å². The van der Waals surface area contributed by atoms with E-state index in [2.05, 4.69) is 33.9 Å². The molecule has 2 fully saturated rings. The number of hydrogen-bond acceptors (Lipinski definition) is 4. The number of amides is 1. The third-order valence-electron chi connectivity index (χ3n) is 4.27. The van der Waals surface area contributed by atoms with Gasteiger partial charge in [0.05, 0.1) is 0 Å². The van der Waals surface area contributed by atoms with Crippen molar-refractivity contribution in [3.05, 3.63) is 29.8 Å². The highest BCUT2D eigenvalue weighted by Crippen LogP contribution is 2.51. The van der Waals surface area contributed by atoms with E-state index in [-0.39, 0.29) is 17.2 Å². The fraction of sp³-hybridized carbons (Fsp3) is 0.533. The van der Waals surface area contributed by atoms with Crippen molar-refractivity contribution in [2.75, 3.05) is 19.0 Å². The number of benzene rings is 1. The van der Waals surface area contributed by atoms with Crippen molar-refractivity contribution in [2.24, 2.45) is 17.6 Å². The van der Waals surface area contributed by atoms with Crippen LogP contribution in [-0.4, -0.2) is 25.3 Å². The molecule has 5 heteroatoms. The van der Waals surface area contributed by atoms with E-state index in [0.717, 1.165) is 0 Å². The monoisotopic (exact) mass is 291 g/mol. The third kappa shape index (κ3) is 2.52. The summed E-state index contributed by atoms with van der Waals surface area (Å²) in [4.78, 5) is 13.7. The molecule has 1 aromatic carbocycles. The van der Waals surface area contributed by atoms with Crippen LogP contribution in [0.2, 0.25) is 0 Å². The molecule has 1 saturated heterocycles. The minimum atomic E-state index is -0.188. The van der Waals surface area contributed by atoms with E-state index in [1.54, 1.807) is 0 Å². The SMILES string of the molecule is CN(C)c1ccc(C2NSC(C(N)=O)C2C2CC2)cc1. The minimum absolute atomic E-state index is 0.0963. The zero-order valence-electron chi connectivity index (χ0n) is 11.9. The van der Waals surface area contributed by atoms with Gasteiger partial charge in [-0.05, 0) is 36.5 Å². The molecule has 1 amide bonds. The summed E-state index contributed by atoms with van der Waals surface area (Å²) in [5.41, 5.74) is 7.99. The standard InChI is InChI=1S/C15H21N3OS/c1-18(2)11-7-5-10(6-8-11)13-12(9-3-4-9)14(15(16)19)20-17-13/h5-9,12-14,17H,3-4H2,1-2H3,(H2,16,19). The fourth-order valence-electron chi connectivity index (χ4n) is 3.00. The first kappa shape index (κ1) is 13.8. The van der Waals surface area contributed by atoms with E-state index in [0.29, 0.717) is 11.8 Å². The Morgan fingerprint density at radius 3 is 2.45 bits per heavy atom. The van der Waals surface area contributed by atoms with Gasteiger partial charge < -0.3 is 10.6 Å². The van der Waals surface area contributed by atoms with Gasteiger partial charge in [0.15, 0.2) is 0 Å². The predicted molar refractivity (Wildman–Crippen MR) is 83.4 cm³/mol. The topological polar surface area (TPSA) is 58.4 Å². The number of rotatable bonds is 4. The van der Waals surface area contributed by atoms with Crippen molar-refractivity contribution in [1.82, 2.24) is 4.72 Å². The van der Waals surface area contributed by atoms with Gasteiger partial charge in [-0.25, -0.2) is 0 Å². The van der Waals surface area contributed by atoms with E-state index in [4.69, 9.17) is 5.73 Å². The average molecular weight is 291 g/mol. The van der Waals surface area contributed by atoms with Crippen molar-refractivity contribution >= 4 is 23.5 Å².